The summed E-state index contributed by atoms with van der Waals surface area (Å²) < 4.78 is 6.06. The Hall–Kier alpha value is -2.13. The first-order chi connectivity index (χ1) is 10.3. The fourth-order valence-corrected chi connectivity index (χ4v) is 2.67. The topological polar surface area (TPSA) is 38.1 Å². The molecule has 0 fully saturated rings. The van der Waals surface area contributed by atoms with E-state index in [-0.39, 0.29) is 6.04 Å². The minimum Gasteiger partial charge on any atom is -0.459 e. The van der Waals surface area contributed by atoms with Gasteiger partial charge in [-0.05, 0) is 50.6 Å². The molecular weight excluding hydrogens is 260 g/mol. The zero-order valence-corrected chi connectivity index (χ0v) is 12.5. The van der Waals surface area contributed by atoms with Gasteiger partial charge in [0.25, 0.3) is 0 Å². The predicted molar refractivity (Wildman–Crippen MR) is 85.3 cm³/mol. The Morgan fingerprint density at radius 3 is 2.81 bits per heavy atom. The SMILES string of the molecule is CNC(CCc1ccccn1)c1cc2cccc(C)c2o1. The Balaban J connectivity index is 1.80. The number of hydrogen-bond donors (Lipinski definition) is 1. The highest BCUT2D eigenvalue weighted by Crippen LogP contribution is 2.28. The normalized spacial score (nSPS) is 12.7. The van der Waals surface area contributed by atoms with Crippen molar-refractivity contribution in [3.05, 3.63) is 65.7 Å². The predicted octanol–water partition coefficient (Wildman–Crippen LogP) is 4.03. The van der Waals surface area contributed by atoms with Crippen LogP contribution in [0.5, 0.6) is 0 Å². The van der Waals surface area contributed by atoms with Crippen LogP contribution in [0.2, 0.25) is 0 Å². The van der Waals surface area contributed by atoms with E-state index in [2.05, 4.69) is 47.6 Å². The number of pyridine rings is 1. The van der Waals surface area contributed by atoms with E-state index in [1.807, 2.05) is 25.4 Å². The van der Waals surface area contributed by atoms with Crippen LogP contribution in [-0.2, 0) is 6.42 Å². The zero-order chi connectivity index (χ0) is 14.7. The number of aromatic nitrogens is 1. The molecule has 0 aliphatic carbocycles. The Kier molecular flexibility index (Phi) is 4.02. The van der Waals surface area contributed by atoms with Crippen molar-refractivity contribution in [2.75, 3.05) is 7.05 Å². The Bertz CT molecular complexity index is 718. The third-order valence-electron chi connectivity index (χ3n) is 3.87. The van der Waals surface area contributed by atoms with Crippen LogP contribution in [-0.4, -0.2) is 12.0 Å². The van der Waals surface area contributed by atoms with Gasteiger partial charge in [0.05, 0.1) is 6.04 Å². The van der Waals surface area contributed by atoms with Crippen molar-refractivity contribution in [1.29, 1.82) is 0 Å². The molecule has 21 heavy (non-hydrogen) atoms. The third kappa shape index (κ3) is 2.98. The first kappa shape index (κ1) is 13.8. The van der Waals surface area contributed by atoms with Crippen LogP contribution in [0.1, 0.15) is 29.5 Å². The van der Waals surface area contributed by atoms with E-state index in [1.54, 1.807) is 0 Å². The molecule has 0 amide bonds. The van der Waals surface area contributed by atoms with Gasteiger partial charge in [0.2, 0.25) is 0 Å². The van der Waals surface area contributed by atoms with Crippen LogP contribution in [0.3, 0.4) is 0 Å². The summed E-state index contributed by atoms with van der Waals surface area (Å²) in [6.45, 7) is 2.08. The summed E-state index contributed by atoms with van der Waals surface area (Å²) in [4.78, 5) is 4.38. The maximum Gasteiger partial charge on any atom is 0.137 e. The molecule has 1 N–H and O–H groups in total. The van der Waals surface area contributed by atoms with Crippen molar-refractivity contribution in [3.8, 4) is 0 Å². The van der Waals surface area contributed by atoms with Gasteiger partial charge >= 0.3 is 0 Å². The molecule has 0 bridgehead atoms. The van der Waals surface area contributed by atoms with E-state index in [1.165, 1.54) is 10.9 Å². The summed E-state index contributed by atoms with van der Waals surface area (Å²) >= 11 is 0. The zero-order valence-electron chi connectivity index (χ0n) is 12.5. The lowest BCUT2D eigenvalue weighted by Crippen LogP contribution is -2.16. The minimum absolute atomic E-state index is 0.207. The first-order valence-electron chi connectivity index (χ1n) is 7.34. The monoisotopic (exact) mass is 280 g/mol. The number of hydrogen-bond acceptors (Lipinski definition) is 3. The van der Waals surface area contributed by atoms with E-state index < -0.39 is 0 Å². The summed E-state index contributed by atoms with van der Waals surface area (Å²) in [6, 6.07) is 14.6. The third-order valence-corrected chi connectivity index (χ3v) is 3.87. The average molecular weight is 280 g/mol. The number of nitrogens with one attached hydrogen (secondary N) is 1. The molecule has 3 nitrogen and oxygen atoms in total. The van der Waals surface area contributed by atoms with Gasteiger partial charge in [-0.3, -0.25) is 4.98 Å². The molecule has 3 aromatic rings. The van der Waals surface area contributed by atoms with Gasteiger partial charge < -0.3 is 9.73 Å². The lowest BCUT2D eigenvalue weighted by Gasteiger charge is -2.13. The second-order valence-electron chi connectivity index (χ2n) is 5.34. The van der Waals surface area contributed by atoms with E-state index in [9.17, 15) is 0 Å². The van der Waals surface area contributed by atoms with E-state index >= 15 is 0 Å². The smallest absolute Gasteiger partial charge is 0.137 e. The highest BCUT2D eigenvalue weighted by Gasteiger charge is 2.15. The van der Waals surface area contributed by atoms with Crippen molar-refractivity contribution in [1.82, 2.24) is 10.3 Å². The van der Waals surface area contributed by atoms with Crippen LogP contribution in [0.25, 0.3) is 11.0 Å². The average Bonchev–Trinajstić information content (AvgIpc) is 2.94. The quantitative estimate of drug-likeness (QED) is 0.766. The number of para-hydroxylation sites is 1. The maximum absolute atomic E-state index is 6.06. The van der Waals surface area contributed by atoms with Gasteiger partial charge in [-0.1, -0.05) is 24.3 Å². The van der Waals surface area contributed by atoms with E-state index in [0.29, 0.717) is 0 Å². The molecule has 0 radical (unpaired) electrons. The Morgan fingerprint density at radius 2 is 2.10 bits per heavy atom. The van der Waals surface area contributed by atoms with Crippen LogP contribution in [0, 0.1) is 6.92 Å². The van der Waals surface area contributed by atoms with Gasteiger partial charge in [-0.25, -0.2) is 0 Å². The van der Waals surface area contributed by atoms with Crippen molar-refractivity contribution in [2.45, 2.75) is 25.8 Å². The molecule has 0 spiro atoms. The fourth-order valence-electron chi connectivity index (χ4n) is 2.67. The van der Waals surface area contributed by atoms with Gasteiger partial charge in [-0.2, -0.15) is 0 Å². The van der Waals surface area contributed by atoms with Gasteiger partial charge in [0.15, 0.2) is 0 Å². The molecule has 0 aliphatic heterocycles. The van der Waals surface area contributed by atoms with Crippen LogP contribution < -0.4 is 5.32 Å². The number of nitrogens with zero attached hydrogens (tertiary/aromatic N) is 1. The summed E-state index contributed by atoms with van der Waals surface area (Å²) in [5, 5.41) is 4.52. The van der Waals surface area contributed by atoms with Crippen molar-refractivity contribution in [2.24, 2.45) is 0 Å². The minimum atomic E-state index is 0.207. The van der Waals surface area contributed by atoms with Gasteiger partial charge in [0.1, 0.15) is 11.3 Å². The molecule has 1 aromatic carbocycles. The van der Waals surface area contributed by atoms with E-state index in [4.69, 9.17) is 4.42 Å². The van der Waals surface area contributed by atoms with Gasteiger partial charge in [-0.15, -0.1) is 0 Å². The molecule has 1 atom stereocenters. The highest BCUT2D eigenvalue weighted by molar-refractivity contribution is 5.80. The molecule has 2 heterocycles. The summed E-state index contributed by atoms with van der Waals surface area (Å²) in [7, 11) is 1.98. The van der Waals surface area contributed by atoms with Crippen LogP contribution in [0.4, 0.5) is 0 Å². The number of fused-ring (bicyclic) bond motifs is 1. The molecule has 0 saturated heterocycles. The summed E-state index contributed by atoms with van der Waals surface area (Å²) in [6.07, 6.45) is 3.74. The summed E-state index contributed by atoms with van der Waals surface area (Å²) in [5.41, 5.74) is 3.29. The lowest BCUT2D eigenvalue weighted by atomic mass is 10.1. The number of rotatable bonds is 5. The number of benzene rings is 1. The molecule has 3 heteroatoms. The molecule has 2 aromatic heterocycles. The molecule has 1 unspecified atom stereocenters. The standard InChI is InChI=1S/C18H20N2O/c1-13-6-5-7-14-12-17(21-18(13)14)16(19-2)10-9-15-8-3-4-11-20-15/h3-8,11-12,16,19H,9-10H2,1-2H3. The summed E-state index contributed by atoms with van der Waals surface area (Å²) in [5.74, 6) is 0.998. The van der Waals surface area contributed by atoms with Crippen LogP contribution >= 0.6 is 0 Å². The van der Waals surface area contributed by atoms with Crippen molar-refractivity contribution < 1.29 is 4.42 Å². The molecular formula is C18H20N2O. The highest BCUT2D eigenvalue weighted by atomic mass is 16.3. The van der Waals surface area contributed by atoms with Crippen molar-refractivity contribution in [3.63, 3.8) is 0 Å². The van der Waals surface area contributed by atoms with Crippen molar-refractivity contribution >= 4 is 11.0 Å². The second-order valence-corrected chi connectivity index (χ2v) is 5.34. The Morgan fingerprint density at radius 1 is 1.19 bits per heavy atom. The molecule has 0 saturated carbocycles. The molecule has 108 valence electrons. The first-order valence-corrected chi connectivity index (χ1v) is 7.34. The molecule has 0 aliphatic rings. The maximum atomic E-state index is 6.06. The van der Waals surface area contributed by atoms with Gasteiger partial charge in [0, 0.05) is 17.3 Å². The van der Waals surface area contributed by atoms with E-state index in [0.717, 1.165) is 29.9 Å². The number of furan rings is 1. The molecule has 3 rings (SSSR count). The second kappa shape index (κ2) is 6.10. The Labute approximate surface area is 125 Å². The lowest BCUT2D eigenvalue weighted by molar-refractivity contribution is 0.431. The van der Waals surface area contributed by atoms with Crippen LogP contribution in [0.15, 0.2) is 53.1 Å². The fraction of sp³-hybridized carbons (Fsp3) is 0.278. The number of aryl methyl sites for hydroxylation is 2. The largest absolute Gasteiger partial charge is 0.459 e.